The number of hydrogen-bond acceptors (Lipinski definition) is 1. The lowest BCUT2D eigenvalue weighted by Crippen LogP contribution is -2.47. The van der Waals surface area contributed by atoms with Gasteiger partial charge in [-0.25, -0.2) is 0 Å². The van der Waals surface area contributed by atoms with Crippen LogP contribution in [-0.2, 0) is 4.79 Å². The van der Waals surface area contributed by atoms with Gasteiger partial charge >= 0.3 is 0 Å². The molecule has 0 radical (unpaired) electrons. The Hall–Kier alpha value is -0.790. The predicted molar refractivity (Wildman–Crippen MR) is 54.4 cm³/mol. The van der Waals surface area contributed by atoms with Gasteiger partial charge in [0.1, 0.15) is 0 Å². The second kappa shape index (κ2) is 3.95. The van der Waals surface area contributed by atoms with E-state index in [9.17, 15) is 4.79 Å². The lowest BCUT2D eigenvalue weighted by atomic mass is 9.78. The molecule has 13 heavy (non-hydrogen) atoms. The molecular weight excluding hydrogens is 162 g/mol. The highest BCUT2D eigenvalue weighted by molar-refractivity contribution is 5.87. The van der Waals surface area contributed by atoms with Gasteiger partial charge in [0.2, 0.25) is 5.91 Å². The van der Waals surface area contributed by atoms with Crippen LogP contribution < -0.4 is 5.32 Å². The van der Waals surface area contributed by atoms with Gasteiger partial charge in [0.05, 0.1) is 0 Å². The molecule has 0 saturated heterocycles. The summed E-state index contributed by atoms with van der Waals surface area (Å²) in [4.78, 5) is 11.1. The third-order valence-corrected chi connectivity index (χ3v) is 2.99. The highest BCUT2D eigenvalue weighted by atomic mass is 16.1. The molecule has 74 valence electrons. The molecule has 0 spiro atoms. The summed E-state index contributed by atoms with van der Waals surface area (Å²) in [6.07, 6.45) is 5.96. The second-order valence-corrected chi connectivity index (χ2v) is 4.44. The number of amides is 1. The highest BCUT2D eigenvalue weighted by Crippen LogP contribution is 2.31. The van der Waals surface area contributed by atoms with Crippen molar-refractivity contribution in [3.8, 4) is 0 Å². The van der Waals surface area contributed by atoms with E-state index in [1.54, 1.807) is 0 Å². The number of carbonyl (C=O) groups excluding carboxylic acids is 1. The largest absolute Gasteiger partial charge is 0.347 e. The third-order valence-electron chi connectivity index (χ3n) is 2.99. The van der Waals surface area contributed by atoms with E-state index in [0.29, 0.717) is 0 Å². The fourth-order valence-electron chi connectivity index (χ4n) is 1.87. The molecule has 1 aliphatic rings. The van der Waals surface area contributed by atoms with Gasteiger partial charge < -0.3 is 5.32 Å². The normalized spacial score (nSPS) is 33.8. The number of nitrogens with one attached hydrogen (secondary N) is 1. The lowest BCUT2D eigenvalue weighted by molar-refractivity contribution is -0.118. The van der Waals surface area contributed by atoms with Crippen LogP contribution in [0.25, 0.3) is 0 Å². The van der Waals surface area contributed by atoms with Crippen LogP contribution in [0.5, 0.6) is 0 Å². The maximum Gasteiger partial charge on any atom is 0.243 e. The average molecular weight is 181 g/mol. The van der Waals surface area contributed by atoms with E-state index in [1.807, 2.05) is 0 Å². The first kappa shape index (κ1) is 10.3. The molecule has 0 aromatic rings. The van der Waals surface area contributed by atoms with E-state index in [2.05, 4.69) is 25.7 Å². The van der Waals surface area contributed by atoms with Crippen molar-refractivity contribution < 1.29 is 4.79 Å². The van der Waals surface area contributed by atoms with Gasteiger partial charge in [-0.3, -0.25) is 4.79 Å². The Bertz CT molecular complexity index is 202. The molecule has 1 aliphatic carbocycles. The SMILES string of the molecule is C=CC(=O)NC1(C)CCC(C)CC1. The Morgan fingerprint density at radius 1 is 1.54 bits per heavy atom. The summed E-state index contributed by atoms with van der Waals surface area (Å²) in [5.41, 5.74) is 0.0117. The monoisotopic (exact) mass is 181 g/mol. The first-order valence-electron chi connectivity index (χ1n) is 5.00. The molecule has 1 N–H and O–H groups in total. The molecule has 0 heterocycles. The molecular formula is C11H19NO. The first-order chi connectivity index (χ1) is 6.06. The van der Waals surface area contributed by atoms with E-state index in [1.165, 1.54) is 18.9 Å². The summed E-state index contributed by atoms with van der Waals surface area (Å²) in [6.45, 7) is 7.86. The zero-order valence-electron chi connectivity index (χ0n) is 8.60. The fourth-order valence-corrected chi connectivity index (χ4v) is 1.87. The fraction of sp³-hybridized carbons (Fsp3) is 0.727. The summed E-state index contributed by atoms with van der Waals surface area (Å²) in [6, 6.07) is 0. The number of rotatable bonds is 2. The van der Waals surface area contributed by atoms with Crippen molar-refractivity contribution in [3.63, 3.8) is 0 Å². The van der Waals surface area contributed by atoms with Gasteiger partial charge in [0.15, 0.2) is 0 Å². The van der Waals surface area contributed by atoms with Crippen LogP contribution in [-0.4, -0.2) is 11.4 Å². The summed E-state index contributed by atoms with van der Waals surface area (Å²) >= 11 is 0. The topological polar surface area (TPSA) is 29.1 Å². The maximum absolute atomic E-state index is 11.1. The second-order valence-electron chi connectivity index (χ2n) is 4.44. The predicted octanol–water partition coefficient (Wildman–Crippen LogP) is 2.26. The molecule has 0 aromatic carbocycles. The standard InChI is InChI=1S/C11H19NO/c1-4-10(13)12-11(3)7-5-9(2)6-8-11/h4,9H,1,5-8H2,2-3H3,(H,12,13). The summed E-state index contributed by atoms with van der Waals surface area (Å²) in [7, 11) is 0. The molecule has 1 saturated carbocycles. The minimum Gasteiger partial charge on any atom is -0.347 e. The summed E-state index contributed by atoms with van der Waals surface area (Å²) < 4.78 is 0. The zero-order chi connectivity index (χ0) is 9.90. The molecule has 1 rings (SSSR count). The number of carbonyl (C=O) groups is 1. The molecule has 0 aromatic heterocycles. The van der Waals surface area contributed by atoms with Crippen LogP contribution in [0.3, 0.4) is 0 Å². The van der Waals surface area contributed by atoms with E-state index >= 15 is 0 Å². The Morgan fingerprint density at radius 2 is 2.08 bits per heavy atom. The Balaban J connectivity index is 2.47. The van der Waals surface area contributed by atoms with Crippen molar-refractivity contribution in [2.75, 3.05) is 0 Å². The molecule has 1 fully saturated rings. The van der Waals surface area contributed by atoms with Crippen molar-refractivity contribution in [3.05, 3.63) is 12.7 Å². The minimum atomic E-state index is -0.0444. The van der Waals surface area contributed by atoms with Crippen LogP contribution in [0.1, 0.15) is 39.5 Å². The molecule has 1 amide bonds. The molecule has 0 atom stereocenters. The summed E-state index contributed by atoms with van der Waals surface area (Å²) in [5.74, 6) is 0.769. The van der Waals surface area contributed by atoms with Crippen LogP contribution in [0.2, 0.25) is 0 Å². The molecule has 2 heteroatoms. The van der Waals surface area contributed by atoms with E-state index in [-0.39, 0.29) is 11.4 Å². The van der Waals surface area contributed by atoms with Crippen molar-refractivity contribution >= 4 is 5.91 Å². The zero-order valence-corrected chi connectivity index (χ0v) is 8.60. The Kier molecular flexibility index (Phi) is 3.12. The van der Waals surface area contributed by atoms with Crippen molar-refractivity contribution in [1.29, 1.82) is 0 Å². The smallest absolute Gasteiger partial charge is 0.243 e. The van der Waals surface area contributed by atoms with Gasteiger partial charge in [-0.1, -0.05) is 13.5 Å². The average Bonchev–Trinajstić information content (AvgIpc) is 2.10. The van der Waals surface area contributed by atoms with Crippen LogP contribution in [0, 0.1) is 5.92 Å². The van der Waals surface area contributed by atoms with Crippen molar-refractivity contribution in [2.24, 2.45) is 5.92 Å². The quantitative estimate of drug-likeness (QED) is 0.650. The van der Waals surface area contributed by atoms with Crippen LogP contribution in [0.15, 0.2) is 12.7 Å². The van der Waals surface area contributed by atoms with Gasteiger partial charge in [-0.2, -0.15) is 0 Å². The number of hydrogen-bond donors (Lipinski definition) is 1. The Morgan fingerprint density at radius 3 is 2.54 bits per heavy atom. The minimum absolute atomic E-state index is 0.0117. The van der Waals surface area contributed by atoms with Gasteiger partial charge in [0.25, 0.3) is 0 Å². The lowest BCUT2D eigenvalue weighted by Gasteiger charge is -2.36. The maximum atomic E-state index is 11.1. The van der Waals surface area contributed by atoms with Gasteiger partial charge in [0, 0.05) is 5.54 Å². The van der Waals surface area contributed by atoms with E-state index in [4.69, 9.17) is 0 Å². The van der Waals surface area contributed by atoms with Crippen LogP contribution in [0.4, 0.5) is 0 Å². The first-order valence-corrected chi connectivity index (χ1v) is 5.00. The molecule has 2 nitrogen and oxygen atoms in total. The van der Waals surface area contributed by atoms with Gasteiger partial charge in [-0.05, 0) is 44.6 Å². The van der Waals surface area contributed by atoms with Crippen LogP contribution >= 0.6 is 0 Å². The Labute approximate surface area is 80.4 Å². The summed E-state index contributed by atoms with van der Waals surface area (Å²) in [5, 5.41) is 3.01. The van der Waals surface area contributed by atoms with Crippen molar-refractivity contribution in [1.82, 2.24) is 5.32 Å². The third kappa shape index (κ3) is 2.87. The molecule has 0 unspecified atom stereocenters. The molecule has 0 aliphatic heterocycles. The van der Waals surface area contributed by atoms with E-state index in [0.717, 1.165) is 18.8 Å². The van der Waals surface area contributed by atoms with Gasteiger partial charge in [-0.15, -0.1) is 0 Å². The molecule has 0 bridgehead atoms. The van der Waals surface area contributed by atoms with E-state index < -0.39 is 0 Å². The highest BCUT2D eigenvalue weighted by Gasteiger charge is 2.29. The van der Waals surface area contributed by atoms with Crippen molar-refractivity contribution in [2.45, 2.75) is 45.1 Å².